The van der Waals surface area contributed by atoms with Crippen LogP contribution in [0.1, 0.15) is 101 Å². The van der Waals surface area contributed by atoms with Gasteiger partial charge in [-0.25, -0.2) is 35.2 Å². The van der Waals surface area contributed by atoms with Gasteiger partial charge in [0, 0.05) is 44.8 Å². The van der Waals surface area contributed by atoms with E-state index in [2.05, 4.69) is 26.6 Å². The first-order chi connectivity index (χ1) is 31.8. The van der Waals surface area contributed by atoms with Crippen LogP contribution in [0, 0.1) is 23.5 Å². The fourth-order valence-electron chi connectivity index (χ4n) is 7.85. The first-order valence-corrected chi connectivity index (χ1v) is 27.8. The number of ether oxygens (including phenoxy) is 3. The Morgan fingerprint density at radius 3 is 1.55 bits per heavy atom. The molecule has 2 aromatic rings. The summed E-state index contributed by atoms with van der Waals surface area (Å²) in [6.07, 6.45) is 7.74. The maximum atomic E-state index is 14.2. The van der Waals surface area contributed by atoms with Crippen molar-refractivity contribution in [2.75, 3.05) is 87.6 Å². The number of nitrogens with one attached hydrogen (secondary N) is 2. The van der Waals surface area contributed by atoms with Crippen molar-refractivity contribution in [1.29, 1.82) is 0 Å². The number of sulfone groups is 2. The van der Waals surface area contributed by atoms with Crippen LogP contribution >= 0.6 is 15.9 Å². The second-order valence-electron chi connectivity index (χ2n) is 17.7. The van der Waals surface area contributed by atoms with Gasteiger partial charge in [0.05, 0.1) is 29.6 Å². The number of carbonyl (C=O) groups is 4. The van der Waals surface area contributed by atoms with Gasteiger partial charge in [-0.15, -0.1) is 0 Å². The van der Waals surface area contributed by atoms with Gasteiger partial charge in [0.1, 0.15) is 13.1 Å². The number of urea groups is 2. The van der Waals surface area contributed by atoms with Crippen LogP contribution in [0.2, 0.25) is 0 Å². The lowest BCUT2D eigenvalue weighted by molar-refractivity contribution is -0.119. The van der Waals surface area contributed by atoms with Crippen LogP contribution in [-0.4, -0.2) is 143 Å². The number of halogens is 3. The first kappa shape index (κ1) is 55.7. The molecule has 4 fully saturated rings. The quantitative estimate of drug-likeness (QED) is 0.0659. The zero-order chi connectivity index (χ0) is 49.0. The lowest BCUT2D eigenvalue weighted by Crippen LogP contribution is -2.29. The minimum atomic E-state index is -3.30. The molecule has 0 bridgehead atoms. The summed E-state index contributed by atoms with van der Waals surface area (Å²) in [7, 11) is -6.59. The molecule has 4 saturated heterocycles. The molecule has 0 aliphatic carbocycles. The number of benzene rings is 2. The lowest BCUT2D eigenvalue weighted by Gasteiger charge is -2.22. The number of hydrogen-bond donors (Lipinski definition) is 3. The van der Waals surface area contributed by atoms with Crippen LogP contribution in [0.15, 0.2) is 36.4 Å². The molecule has 6 amide bonds. The first-order valence-electron chi connectivity index (χ1n) is 23.0. The summed E-state index contributed by atoms with van der Waals surface area (Å²) in [4.78, 5) is 47.9. The van der Waals surface area contributed by atoms with E-state index in [0.29, 0.717) is 82.9 Å². The number of phenols is 1. The molecule has 0 radical (unpaired) electrons. The monoisotopic (exact) mass is 1050 g/mol. The van der Waals surface area contributed by atoms with Gasteiger partial charge < -0.3 is 29.1 Å². The molecule has 4 aliphatic heterocycles. The van der Waals surface area contributed by atoms with E-state index in [1.165, 1.54) is 40.8 Å². The second-order valence-corrected chi connectivity index (χ2v) is 22.8. The number of rotatable bonds is 22. The number of nitrogens with zero attached hydrogens (tertiary/aromatic N) is 2. The van der Waals surface area contributed by atoms with E-state index in [9.17, 15) is 49.9 Å². The van der Waals surface area contributed by atoms with Crippen molar-refractivity contribution >= 4 is 59.5 Å². The third-order valence-corrected chi connectivity index (χ3v) is 16.7. The van der Waals surface area contributed by atoms with Crippen molar-refractivity contribution in [3.05, 3.63) is 59.2 Å². The molecule has 0 spiro atoms. The highest BCUT2D eigenvalue weighted by Crippen LogP contribution is 2.28. The Kier molecular flexibility index (Phi) is 23.2. The summed E-state index contributed by atoms with van der Waals surface area (Å²) in [5, 5.41) is 14.9. The van der Waals surface area contributed by atoms with Crippen molar-refractivity contribution in [3.8, 4) is 11.5 Å². The highest BCUT2D eigenvalue weighted by molar-refractivity contribution is 9.09. The Hall–Kier alpha value is -3.92. The van der Waals surface area contributed by atoms with Gasteiger partial charge in [-0.1, -0.05) is 54.8 Å². The van der Waals surface area contributed by atoms with Gasteiger partial charge in [-0.05, 0) is 110 Å². The van der Waals surface area contributed by atoms with E-state index >= 15 is 0 Å². The van der Waals surface area contributed by atoms with Gasteiger partial charge in [0.2, 0.25) is 11.8 Å². The SMILES string of the molecule is BrCC1CCOCC1.C[C@@H](CS(=O)(=O)CCCCCN1CC(=O)NC1=O)c1ccc(F)c(O)c1.C[C@@H](CS(=O)(=O)CCCCCN1CC(=O)NC1=O)c1ccc(F)c(OCC2CCOCC2)c1. The van der Waals surface area contributed by atoms with Crippen molar-refractivity contribution in [2.45, 2.75) is 89.9 Å². The molecule has 67 heavy (non-hydrogen) atoms. The van der Waals surface area contributed by atoms with Crippen molar-refractivity contribution in [2.24, 2.45) is 11.8 Å². The van der Waals surface area contributed by atoms with Crippen molar-refractivity contribution in [3.63, 3.8) is 0 Å². The van der Waals surface area contributed by atoms with Crippen LogP contribution in [0.3, 0.4) is 0 Å². The van der Waals surface area contributed by atoms with E-state index < -0.39 is 49.1 Å². The fraction of sp³-hybridized carbons (Fsp3) is 0.652. The molecule has 0 unspecified atom stereocenters. The zero-order valence-corrected chi connectivity index (χ0v) is 41.7. The molecule has 21 heteroatoms. The Balaban J connectivity index is 0.000000255. The predicted octanol–water partition coefficient (Wildman–Crippen LogP) is 6.45. The number of hydrogen-bond acceptors (Lipinski definition) is 12. The molecular formula is C46H67BrF2N4O12S2. The number of unbranched alkanes of at least 4 members (excludes halogenated alkanes) is 4. The summed E-state index contributed by atoms with van der Waals surface area (Å²) in [5.74, 6) is -1.62. The van der Waals surface area contributed by atoms with Crippen LogP contribution in [-0.2, 0) is 38.7 Å². The third kappa shape index (κ3) is 20.3. The molecule has 376 valence electrons. The fourth-order valence-corrected chi connectivity index (χ4v) is 12.0. The summed E-state index contributed by atoms with van der Waals surface area (Å²) in [6, 6.07) is 7.59. The van der Waals surface area contributed by atoms with Crippen LogP contribution in [0.4, 0.5) is 18.4 Å². The van der Waals surface area contributed by atoms with Crippen LogP contribution < -0.4 is 15.4 Å². The summed E-state index contributed by atoms with van der Waals surface area (Å²) < 4.78 is 93.1. The van der Waals surface area contributed by atoms with Gasteiger partial charge in [0.25, 0.3) is 0 Å². The second kappa shape index (κ2) is 27.9. The van der Waals surface area contributed by atoms with E-state index in [0.717, 1.165) is 48.9 Å². The van der Waals surface area contributed by atoms with E-state index in [1.54, 1.807) is 19.1 Å². The maximum absolute atomic E-state index is 14.2. The molecule has 2 atom stereocenters. The number of aromatic hydroxyl groups is 1. The van der Waals surface area contributed by atoms with E-state index in [-0.39, 0.29) is 65.5 Å². The third-order valence-electron chi connectivity index (χ3n) is 11.9. The predicted molar refractivity (Wildman–Crippen MR) is 253 cm³/mol. The Morgan fingerprint density at radius 1 is 0.687 bits per heavy atom. The average Bonchev–Trinajstić information content (AvgIpc) is 3.80. The standard InChI is InChI=1S/C23H33FN2O6S.C17H23FN2O5S.C6H11BrO/c1-17(16-33(29,30)12-4-2-3-9-26-14-22(27)25-23(26)28)19-5-6-20(24)21(13-19)32-15-18-7-10-31-11-8-18;1-12(13-5-6-14(18)15(21)9-13)11-26(24,25)8-4-2-3-7-20-10-16(22)19-17(20)23;7-5-6-1-3-8-4-2-6/h5-6,13,17-18H,2-4,7-12,14-16H2,1H3,(H,25,27,28);5-6,9,12,21H,2-4,7-8,10-11H2,1H3,(H,19,22,23);6H,1-5H2/t17-;12-;/m00./s1. The highest BCUT2D eigenvalue weighted by Gasteiger charge is 2.27. The molecule has 3 N–H and O–H groups in total. The summed E-state index contributed by atoms with van der Waals surface area (Å²) in [5.41, 5.74) is 1.30. The van der Waals surface area contributed by atoms with Crippen LogP contribution in [0.5, 0.6) is 11.5 Å². The van der Waals surface area contributed by atoms with Crippen LogP contribution in [0.25, 0.3) is 0 Å². The van der Waals surface area contributed by atoms with Gasteiger partial charge >= 0.3 is 12.1 Å². The molecule has 4 heterocycles. The Labute approximate surface area is 402 Å². The molecule has 2 aromatic carbocycles. The smallest absolute Gasteiger partial charge is 0.324 e. The van der Waals surface area contributed by atoms with E-state index in [4.69, 9.17) is 14.2 Å². The Bertz CT molecular complexity index is 2160. The average molecular weight is 1050 g/mol. The van der Waals surface area contributed by atoms with Gasteiger partial charge in [-0.3, -0.25) is 20.2 Å². The number of alkyl halides is 1. The number of carbonyl (C=O) groups excluding carboxylic acids is 4. The minimum absolute atomic E-state index is 0.0235. The highest BCUT2D eigenvalue weighted by atomic mass is 79.9. The zero-order valence-electron chi connectivity index (χ0n) is 38.5. The largest absolute Gasteiger partial charge is 0.505 e. The minimum Gasteiger partial charge on any atom is -0.505 e. The molecule has 4 aliphatic rings. The maximum Gasteiger partial charge on any atom is 0.324 e. The molecular weight excluding hydrogens is 983 g/mol. The topological polar surface area (TPSA) is 215 Å². The summed E-state index contributed by atoms with van der Waals surface area (Å²) >= 11 is 3.46. The summed E-state index contributed by atoms with van der Waals surface area (Å²) in [6.45, 7) is 8.24. The molecule has 0 saturated carbocycles. The van der Waals surface area contributed by atoms with Crippen molar-refractivity contribution in [1.82, 2.24) is 20.4 Å². The van der Waals surface area contributed by atoms with Crippen molar-refractivity contribution < 1.29 is 64.1 Å². The number of amides is 6. The Morgan fingerprint density at radius 2 is 1.13 bits per heavy atom. The lowest BCUT2D eigenvalue weighted by atomic mass is 10.0. The normalized spacial score (nSPS) is 18.1. The molecule has 0 aromatic heterocycles. The van der Waals surface area contributed by atoms with Gasteiger partial charge in [-0.2, -0.15) is 0 Å². The number of imide groups is 2. The van der Waals surface area contributed by atoms with Gasteiger partial charge in [0.15, 0.2) is 42.8 Å². The molecule has 16 nitrogen and oxygen atoms in total. The molecule has 6 rings (SSSR count). The van der Waals surface area contributed by atoms with E-state index in [1.807, 2.05) is 6.92 Å². The number of phenolic OH excluding ortho intramolecular Hbond substituents is 1.